The molecule has 0 bridgehead atoms. The van der Waals surface area contributed by atoms with Crippen LogP contribution >= 0.6 is 0 Å². The van der Waals surface area contributed by atoms with Gasteiger partial charge in [0.2, 0.25) is 0 Å². The van der Waals surface area contributed by atoms with Crippen molar-refractivity contribution < 1.29 is 18.7 Å². The fourth-order valence-corrected chi connectivity index (χ4v) is 2.00. The van der Waals surface area contributed by atoms with Gasteiger partial charge in [-0.25, -0.2) is 4.39 Å². The van der Waals surface area contributed by atoms with E-state index in [1.807, 2.05) is 12.1 Å². The van der Waals surface area contributed by atoms with Crippen molar-refractivity contribution in [1.29, 1.82) is 0 Å². The number of rotatable bonds is 5. The Morgan fingerprint density at radius 1 is 1.00 bits per heavy atom. The highest BCUT2D eigenvalue weighted by atomic mass is 19.1. The number of methoxy groups -OCH3 is 2. The molecular weight excluding hydrogens is 259 g/mol. The van der Waals surface area contributed by atoms with Crippen molar-refractivity contribution in [1.82, 2.24) is 0 Å². The second kappa shape index (κ2) is 6.19. The summed E-state index contributed by atoms with van der Waals surface area (Å²) in [4.78, 5) is 12.2. The van der Waals surface area contributed by atoms with Crippen LogP contribution < -0.4 is 9.47 Å². The first kappa shape index (κ1) is 14.1. The molecule has 0 saturated carbocycles. The van der Waals surface area contributed by atoms with Gasteiger partial charge in [0.05, 0.1) is 19.8 Å². The van der Waals surface area contributed by atoms with Crippen LogP contribution in [0.15, 0.2) is 42.5 Å². The minimum Gasteiger partial charge on any atom is -0.496 e. The lowest BCUT2D eigenvalue weighted by Crippen LogP contribution is -2.08. The highest BCUT2D eigenvalue weighted by Gasteiger charge is 2.17. The maximum absolute atomic E-state index is 14.0. The fourth-order valence-electron chi connectivity index (χ4n) is 2.00. The molecule has 104 valence electrons. The van der Waals surface area contributed by atoms with Crippen LogP contribution in [-0.2, 0) is 6.42 Å². The van der Waals surface area contributed by atoms with Crippen LogP contribution in [0.4, 0.5) is 4.39 Å². The maximum Gasteiger partial charge on any atom is 0.175 e. The smallest absolute Gasteiger partial charge is 0.175 e. The summed E-state index contributed by atoms with van der Waals surface area (Å²) in [5.41, 5.74) is 0.748. The third-order valence-electron chi connectivity index (χ3n) is 3.03. The topological polar surface area (TPSA) is 35.5 Å². The SMILES string of the molecule is COc1ccccc1CC(=O)c1cccc(OC)c1F. The highest BCUT2D eigenvalue weighted by molar-refractivity contribution is 5.98. The molecule has 0 aromatic heterocycles. The van der Waals surface area contributed by atoms with Crippen LogP contribution in [0.25, 0.3) is 0 Å². The van der Waals surface area contributed by atoms with E-state index < -0.39 is 5.82 Å². The third-order valence-corrected chi connectivity index (χ3v) is 3.03. The van der Waals surface area contributed by atoms with Gasteiger partial charge in [0, 0.05) is 12.0 Å². The van der Waals surface area contributed by atoms with E-state index in [2.05, 4.69) is 0 Å². The first-order valence-electron chi connectivity index (χ1n) is 6.15. The zero-order valence-electron chi connectivity index (χ0n) is 11.4. The van der Waals surface area contributed by atoms with E-state index in [0.717, 1.165) is 5.56 Å². The van der Waals surface area contributed by atoms with Gasteiger partial charge < -0.3 is 9.47 Å². The van der Waals surface area contributed by atoms with Crippen LogP contribution in [0, 0.1) is 5.82 Å². The van der Waals surface area contributed by atoms with Gasteiger partial charge in [0.1, 0.15) is 5.75 Å². The Bertz CT molecular complexity index is 623. The van der Waals surface area contributed by atoms with Crippen molar-refractivity contribution in [3.05, 3.63) is 59.4 Å². The van der Waals surface area contributed by atoms with E-state index in [4.69, 9.17) is 9.47 Å². The van der Waals surface area contributed by atoms with E-state index in [9.17, 15) is 9.18 Å². The molecule has 0 radical (unpaired) electrons. The molecule has 2 rings (SSSR count). The molecule has 0 amide bonds. The summed E-state index contributed by atoms with van der Waals surface area (Å²) >= 11 is 0. The van der Waals surface area contributed by atoms with E-state index in [1.54, 1.807) is 18.2 Å². The number of carbonyl (C=O) groups excluding carboxylic acids is 1. The number of benzene rings is 2. The number of hydrogen-bond donors (Lipinski definition) is 0. The van der Waals surface area contributed by atoms with Crippen molar-refractivity contribution in [2.24, 2.45) is 0 Å². The number of para-hydroxylation sites is 1. The summed E-state index contributed by atoms with van der Waals surface area (Å²) in [7, 11) is 2.91. The molecule has 0 spiro atoms. The Balaban J connectivity index is 2.29. The number of carbonyl (C=O) groups is 1. The molecular formula is C16H15FO3. The van der Waals surface area contributed by atoms with Gasteiger partial charge in [-0.1, -0.05) is 24.3 Å². The fraction of sp³-hybridized carbons (Fsp3) is 0.188. The number of ether oxygens (including phenoxy) is 2. The zero-order chi connectivity index (χ0) is 14.5. The molecule has 0 heterocycles. The average Bonchev–Trinajstić information content (AvgIpc) is 2.48. The lowest BCUT2D eigenvalue weighted by atomic mass is 10.0. The maximum atomic E-state index is 14.0. The minimum atomic E-state index is -0.630. The van der Waals surface area contributed by atoms with Gasteiger partial charge in [-0.15, -0.1) is 0 Å². The van der Waals surface area contributed by atoms with Crippen LogP contribution in [0.2, 0.25) is 0 Å². The van der Waals surface area contributed by atoms with E-state index in [0.29, 0.717) is 5.75 Å². The van der Waals surface area contributed by atoms with Crippen molar-refractivity contribution in [2.45, 2.75) is 6.42 Å². The summed E-state index contributed by atoms with van der Waals surface area (Å²) in [5, 5.41) is 0. The van der Waals surface area contributed by atoms with Crippen molar-refractivity contribution in [3.8, 4) is 11.5 Å². The molecule has 0 saturated heterocycles. The molecule has 0 fully saturated rings. The van der Waals surface area contributed by atoms with Crippen molar-refractivity contribution in [3.63, 3.8) is 0 Å². The second-order valence-electron chi connectivity index (χ2n) is 4.23. The molecule has 2 aromatic rings. The zero-order valence-corrected chi connectivity index (χ0v) is 11.4. The minimum absolute atomic E-state index is 0.0234. The first-order valence-corrected chi connectivity index (χ1v) is 6.15. The molecule has 0 N–H and O–H groups in total. The lowest BCUT2D eigenvalue weighted by molar-refractivity contribution is 0.0987. The molecule has 4 heteroatoms. The van der Waals surface area contributed by atoms with Gasteiger partial charge in [-0.05, 0) is 18.2 Å². The van der Waals surface area contributed by atoms with E-state index >= 15 is 0 Å². The summed E-state index contributed by atoms with van der Waals surface area (Å²) in [6.45, 7) is 0. The Labute approximate surface area is 117 Å². The largest absolute Gasteiger partial charge is 0.496 e. The molecule has 0 aliphatic rings. The van der Waals surface area contributed by atoms with Crippen molar-refractivity contribution >= 4 is 5.78 Å². The standard InChI is InChI=1S/C16H15FO3/c1-19-14-8-4-3-6-11(14)10-13(18)12-7-5-9-15(20-2)16(12)17/h3-9H,10H2,1-2H3. The predicted molar refractivity (Wildman–Crippen MR) is 74.0 cm³/mol. The van der Waals surface area contributed by atoms with Gasteiger partial charge in [-0.3, -0.25) is 4.79 Å². The highest BCUT2D eigenvalue weighted by Crippen LogP contribution is 2.23. The number of hydrogen-bond acceptors (Lipinski definition) is 3. The molecule has 3 nitrogen and oxygen atoms in total. The Hall–Kier alpha value is -2.36. The third kappa shape index (κ3) is 2.79. The van der Waals surface area contributed by atoms with Crippen LogP contribution in [-0.4, -0.2) is 20.0 Å². The van der Waals surface area contributed by atoms with Gasteiger partial charge in [0.15, 0.2) is 17.3 Å². The second-order valence-corrected chi connectivity index (χ2v) is 4.23. The van der Waals surface area contributed by atoms with E-state index in [1.165, 1.54) is 26.4 Å². The number of Topliss-reactive ketones (excluding diaryl/α,β-unsaturated/α-hetero) is 1. The molecule has 2 aromatic carbocycles. The molecule has 0 aliphatic carbocycles. The quantitative estimate of drug-likeness (QED) is 0.785. The van der Waals surface area contributed by atoms with Crippen LogP contribution in [0.5, 0.6) is 11.5 Å². The normalized spacial score (nSPS) is 10.2. The Morgan fingerprint density at radius 2 is 1.65 bits per heavy atom. The Kier molecular flexibility index (Phi) is 4.35. The van der Waals surface area contributed by atoms with E-state index in [-0.39, 0.29) is 23.5 Å². The monoisotopic (exact) mass is 274 g/mol. The summed E-state index contributed by atoms with van der Waals surface area (Å²) < 4.78 is 24.1. The van der Waals surface area contributed by atoms with Crippen LogP contribution in [0.1, 0.15) is 15.9 Å². The van der Waals surface area contributed by atoms with Crippen molar-refractivity contribution in [2.75, 3.05) is 14.2 Å². The summed E-state index contributed by atoms with van der Waals surface area (Å²) in [6, 6.07) is 11.7. The Morgan fingerprint density at radius 3 is 2.35 bits per heavy atom. The van der Waals surface area contributed by atoms with Gasteiger partial charge in [-0.2, -0.15) is 0 Å². The first-order chi connectivity index (χ1) is 9.67. The average molecular weight is 274 g/mol. The molecule has 0 atom stereocenters. The predicted octanol–water partition coefficient (Wildman–Crippen LogP) is 3.27. The molecule has 20 heavy (non-hydrogen) atoms. The summed E-state index contributed by atoms with van der Waals surface area (Å²) in [5.74, 6) is -0.263. The lowest BCUT2D eigenvalue weighted by Gasteiger charge is -2.09. The number of halogens is 1. The molecule has 0 unspecified atom stereocenters. The number of ketones is 1. The van der Waals surface area contributed by atoms with Gasteiger partial charge >= 0.3 is 0 Å². The van der Waals surface area contributed by atoms with Crippen LogP contribution in [0.3, 0.4) is 0 Å². The summed E-state index contributed by atoms with van der Waals surface area (Å²) in [6.07, 6.45) is 0.0775. The molecule has 0 aliphatic heterocycles. The van der Waals surface area contributed by atoms with Gasteiger partial charge in [0.25, 0.3) is 0 Å².